The van der Waals surface area contributed by atoms with Crippen LogP contribution in [-0.4, -0.2) is 70.2 Å². The van der Waals surface area contributed by atoms with Crippen molar-refractivity contribution in [2.45, 2.75) is 58.0 Å². The Kier molecular flexibility index (Phi) is 9.41. The number of piperidine rings is 1. The zero-order valence-corrected chi connectivity index (χ0v) is 23.6. The van der Waals surface area contributed by atoms with E-state index in [1.54, 1.807) is 32.9 Å². The standard InChI is InChI=1S/C29H35Cl2N3O5/c1-20-5-9-24(10-6-20)34-19-29(16-27(37)38,15-26(36)33-12-3-2-4-23(33)11-13-35)18-32(28(34)39)17-21-7-8-22(30)14-25(21)31/h5-10,14,23,35H,2-4,11-13,15-19H2,1H3,(H,37,38). The van der Waals surface area contributed by atoms with E-state index in [0.717, 1.165) is 24.8 Å². The number of carbonyl (C=O) groups excluding carboxylic acids is 2. The second-order valence-electron chi connectivity index (χ2n) is 10.8. The maximum atomic E-state index is 13.8. The number of aliphatic carboxylic acids is 1. The quantitative estimate of drug-likeness (QED) is 0.419. The molecule has 210 valence electrons. The SMILES string of the molecule is Cc1ccc(N2CC(CC(=O)O)(CC(=O)N3CCCCC3CCO)CN(Cc3ccc(Cl)cc3Cl)C2=O)cc1. The molecule has 0 bridgehead atoms. The van der Waals surface area contributed by atoms with Crippen molar-refractivity contribution in [3.63, 3.8) is 0 Å². The van der Waals surface area contributed by atoms with Crippen LogP contribution >= 0.6 is 23.2 Å². The average molecular weight is 577 g/mol. The summed E-state index contributed by atoms with van der Waals surface area (Å²) in [6, 6.07) is 12.2. The number of rotatable bonds is 9. The number of carbonyl (C=O) groups is 3. The first-order valence-corrected chi connectivity index (χ1v) is 14.1. The zero-order valence-electron chi connectivity index (χ0n) is 22.1. The van der Waals surface area contributed by atoms with Gasteiger partial charge >= 0.3 is 12.0 Å². The number of likely N-dealkylation sites (tertiary alicyclic amines) is 1. The van der Waals surface area contributed by atoms with E-state index in [-0.39, 0.29) is 57.1 Å². The second-order valence-corrected chi connectivity index (χ2v) is 11.6. The van der Waals surface area contributed by atoms with Crippen molar-refractivity contribution in [1.29, 1.82) is 0 Å². The largest absolute Gasteiger partial charge is 0.481 e. The number of carboxylic acids is 1. The summed E-state index contributed by atoms with van der Waals surface area (Å²) in [5, 5.41) is 20.4. The monoisotopic (exact) mass is 575 g/mol. The van der Waals surface area contributed by atoms with Crippen LogP contribution in [0.2, 0.25) is 10.0 Å². The van der Waals surface area contributed by atoms with Crippen molar-refractivity contribution in [1.82, 2.24) is 9.80 Å². The van der Waals surface area contributed by atoms with Crippen LogP contribution in [-0.2, 0) is 16.1 Å². The molecule has 0 saturated carbocycles. The van der Waals surface area contributed by atoms with E-state index < -0.39 is 11.4 Å². The van der Waals surface area contributed by atoms with Gasteiger partial charge < -0.3 is 20.0 Å². The van der Waals surface area contributed by atoms with Crippen LogP contribution in [0.3, 0.4) is 0 Å². The highest BCUT2D eigenvalue weighted by molar-refractivity contribution is 6.35. The lowest BCUT2D eigenvalue weighted by Crippen LogP contribution is -2.60. The number of hydrogen-bond acceptors (Lipinski definition) is 4. The third kappa shape index (κ3) is 7.04. The van der Waals surface area contributed by atoms with E-state index in [2.05, 4.69) is 0 Å². The predicted molar refractivity (Wildman–Crippen MR) is 151 cm³/mol. The molecular formula is C29H35Cl2N3O5. The Hall–Kier alpha value is -2.81. The lowest BCUT2D eigenvalue weighted by molar-refractivity contribution is -0.143. The third-order valence-electron chi connectivity index (χ3n) is 7.71. The molecule has 2 saturated heterocycles. The Bertz CT molecular complexity index is 1210. The number of benzene rings is 2. The number of anilines is 1. The summed E-state index contributed by atoms with van der Waals surface area (Å²) >= 11 is 12.5. The molecule has 2 N–H and O–H groups in total. The van der Waals surface area contributed by atoms with Gasteiger partial charge in [0.05, 0.1) is 6.42 Å². The minimum absolute atomic E-state index is 0.0138. The fourth-order valence-corrected chi connectivity index (χ4v) is 6.28. The van der Waals surface area contributed by atoms with Gasteiger partial charge in [0.1, 0.15) is 0 Å². The van der Waals surface area contributed by atoms with Crippen molar-refractivity contribution in [2.75, 3.05) is 31.1 Å². The fraction of sp³-hybridized carbons (Fsp3) is 0.483. The second kappa shape index (κ2) is 12.6. The number of aliphatic hydroxyl groups is 1. The minimum Gasteiger partial charge on any atom is -0.481 e. The van der Waals surface area contributed by atoms with Gasteiger partial charge in [-0.1, -0.05) is 47.0 Å². The number of urea groups is 1. The smallest absolute Gasteiger partial charge is 0.324 e. The van der Waals surface area contributed by atoms with Crippen molar-refractivity contribution >= 4 is 46.8 Å². The number of halogens is 2. The van der Waals surface area contributed by atoms with E-state index in [1.807, 2.05) is 31.2 Å². The van der Waals surface area contributed by atoms with Crippen molar-refractivity contribution in [3.8, 4) is 0 Å². The molecular weight excluding hydrogens is 541 g/mol. The highest BCUT2D eigenvalue weighted by atomic mass is 35.5. The molecule has 0 aliphatic carbocycles. The predicted octanol–water partition coefficient (Wildman–Crippen LogP) is 5.36. The highest BCUT2D eigenvalue weighted by Gasteiger charge is 2.47. The molecule has 0 radical (unpaired) electrons. The molecule has 2 atom stereocenters. The summed E-state index contributed by atoms with van der Waals surface area (Å²) < 4.78 is 0. The van der Waals surface area contributed by atoms with Crippen molar-refractivity contribution in [2.24, 2.45) is 5.41 Å². The van der Waals surface area contributed by atoms with E-state index in [4.69, 9.17) is 23.2 Å². The molecule has 2 fully saturated rings. The normalized spacial score (nSPS) is 21.8. The number of aryl methyl sites for hydroxylation is 1. The lowest BCUT2D eigenvalue weighted by Gasteiger charge is -2.48. The topological polar surface area (TPSA) is 101 Å². The number of carboxylic acid groups (broad SMARTS) is 1. The third-order valence-corrected chi connectivity index (χ3v) is 8.29. The van der Waals surface area contributed by atoms with Crippen molar-refractivity contribution < 1.29 is 24.6 Å². The Morgan fingerprint density at radius 1 is 1.05 bits per heavy atom. The Balaban J connectivity index is 1.71. The molecule has 2 aliphatic rings. The zero-order chi connectivity index (χ0) is 28.2. The molecule has 8 nitrogen and oxygen atoms in total. The van der Waals surface area contributed by atoms with Gasteiger partial charge in [-0.3, -0.25) is 14.5 Å². The van der Waals surface area contributed by atoms with E-state index in [1.165, 1.54) is 0 Å². The summed E-state index contributed by atoms with van der Waals surface area (Å²) in [6.07, 6.45) is 2.86. The Morgan fingerprint density at radius 3 is 2.46 bits per heavy atom. The molecule has 2 aliphatic heterocycles. The maximum absolute atomic E-state index is 13.8. The molecule has 10 heteroatoms. The van der Waals surface area contributed by atoms with Gasteiger partial charge in [0.2, 0.25) is 5.91 Å². The number of amides is 3. The summed E-state index contributed by atoms with van der Waals surface area (Å²) in [5.74, 6) is -1.17. The van der Waals surface area contributed by atoms with E-state index in [9.17, 15) is 24.6 Å². The molecule has 2 aromatic rings. The fourth-order valence-electron chi connectivity index (χ4n) is 5.81. The Labute approximate surface area is 239 Å². The molecule has 0 spiro atoms. The molecule has 39 heavy (non-hydrogen) atoms. The number of aliphatic hydroxyl groups excluding tert-OH is 1. The first kappa shape index (κ1) is 29.2. The summed E-state index contributed by atoms with van der Waals surface area (Å²) in [5.41, 5.74) is 1.30. The van der Waals surface area contributed by atoms with Crippen LogP contribution in [0.15, 0.2) is 42.5 Å². The highest BCUT2D eigenvalue weighted by Crippen LogP contribution is 2.39. The van der Waals surface area contributed by atoms with Gasteiger partial charge in [-0.25, -0.2) is 4.79 Å². The van der Waals surface area contributed by atoms with Gasteiger partial charge in [0, 0.05) is 66.4 Å². The van der Waals surface area contributed by atoms with E-state index in [0.29, 0.717) is 34.3 Å². The summed E-state index contributed by atoms with van der Waals surface area (Å²) in [7, 11) is 0. The summed E-state index contributed by atoms with van der Waals surface area (Å²) in [6.45, 7) is 2.84. The number of nitrogens with zero attached hydrogens (tertiary/aromatic N) is 3. The summed E-state index contributed by atoms with van der Waals surface area (Å²) in [4.78, 5) is 44.7. The molecule has 3 amide bonds. The van der Waals surface area contributed by atoms with Crippen LogP contribution in [0.4, 0.5) is 10.5 Å². The van der Waals surface area contributed by atoms with Crippen LogP contribution in [0.25, 0.3) is 0 Å². The van der Waals surface area contributed by atoms with Gasteiger partial charge in [0.25, 0.3) is 0 Å². The van der Waals surface area contributed by atoms with Crippen molar-refractivity contribution in [3.05, 3.63) is 63.6 Å². The van der Waals surface area contributed by atoms with E-state index >= 15 is 0 Å². The van der Waals surface area contributed by atoms with Crippen LogP contribution in [0, 0.1) is 12.3 Å². The molecule has 2 unspecified atom stereocenters. The van der Waals surface area contributed by atoms with Gasteiger partial charge in [-0.2, -0.15) is 0 Å². The van der Waals surface area contributed by atoms with Gasteiger partial charge in [0.15, 0.2) is 0 Å². The maximum Gasteiger partial charge on any atom is 0.324 e. The minimum atomic E-state index is -1.04. The van der Waals surface area contributed by atoms with Crippen LogP contribution < -0.4 is 4.90 Å². The molecule has 0 aromatic heterocycles. The molecule has 4 rings (SSSR count). The van der Waals surface area contributed by atoms with Gasteiger partial charge in [-0.15, -0.1) is 0 Å². The molecule has 2 aromatic carbocycles. The first-order chi connectivity index (χ1) is 18.6. The Morgan fingerprint density at radius 2 is 1.79 bits per heavy atom. The first-order valence-electron chi connectivity index (χ1n) is 13.3. The number of hydrogen-bond donors (Lipinski definition) is 2. The lowest BCUT2D eigenvalue weighted by atomic mass is 9.77. The van der Waals surface area contributed by atoms with Crippen LogP contribution in [0.5, 0.6) is 0 Å². The van der Waals surface area contributed by atoms with Gasteiger partial charge in [-0.05, 0) is 62.4 Å². The van der Waals surface area contributed by atoms with Crippen LogP contribution in [0.1, 0.15) is 49.7 Å². The molecule has 2 heterocycles. The average Bonchev–Trinajstić information content (AvgIpc) is 2.88.